The van der Waals surface area contributed by atoms with Crippen LogP contribution in [0.1, 0.15) is 98.1 Å². The van der Waals surface area contributed by atoms with Gasteiger partial charge < -0.3 is 29.7 Å². The van der Waals surface area contributed by atoms with Gasteiger partial charge in [-0.2, -0.15) is 0 Å². The summed E-state index contributed by atoms with van der Waals surface area (Å²) in [5.74, 6) is -0.937. The highest BCUT2D eigenvalue weighted by atomic mass is 32.1. The van der Waals surface area contributed by atoms with Crippen LogP contribution in [0.5, 0.6) is 0 Å². The summed E-state index contributed by atoms with van der Waals surface area (Å²) >= 11 is 1.36. The molecule has 0 aliphatic carbocycles. The molecule has 2 heterocycles. The molecule has 1 amide bonds. The van der Waals surface area contributed by atoms with Crippen molar-refractivity contribution in [2.24, 2.45) is 23.7 Å². The van der Waals surface area contributed by atoms with Crippen LogP contribution in [0.25, 0.3) is 0 Å². The minimum Gasteiger partial charge on any atom is -0.452 e. The molecule has 3 N–H and O–H groups in total. The average Bonchev–Trinajstić information content (AvgIpc) is 3.55. The SMILES string of the molecule is CNC(=O)OC(CC(C)C)c1nc(C2OC(=O)/C=C\C/C(C)=C\C(O)C(C)\C=C(C)/C=C(C)\C=C/C(O)C(C)C(OC)/C(C)=C\C=C/C2C)cs1. The van der Waals surface area contributed by atoms with E-state index in [1.807, 2.05) is 104 Å². The fourth-order valence-electron chi connectivity index (χ4n) is 5.82. The predicted molar refractivity (Wildman–Crippen MR) is 206 cm³/mol. The summed E-state index contributed by atoms with van der Waals surface area (Å²) in [5, 5.41) is 26.9. The molecule has 8 atom stereocenters. The van der Waals surface area contributed by atoms with Crippen LogP contribution in [0.4, 0.5) is 4.79 Å². The maximum absolute atomic E-state index is 13.2. The smallest absolute Gasteiger partial charge is 0.407 e. The molecule has 0 radical (unpaired) electrons. The van der Waals surface area contributed by atoms with Crippen molar-refractivity contribution in [3.8, 4) is 0 Å². The molecule has 0 fully saturated rings. The van der Waals surface area contributed by atoms with Gasteiger partial charge in [-0.25, -0.2) is 14.6 Å². The Kier molecular flexibility index (Phi) is 18.6. The highest BCUT2D eigenvalue weighted by Gasteiger charge is 2.28. The van der Waals surface area contributed by atoms with Gasteiger partial charge in [0.2, 0.25) is 0 Å². The number of cyclic esters (lactones) is 1. The number of hydrogen-bond donors (Lipinski definition) is 3. The minimum atomic E-state index is -0.754. The monoisotopic (exact) mass is 724 g/mol. The van der Waals surface area contributed by atoms with Gasteiger partial charge in [-0.3, -0.25) is 0 Å². The van der Waals surface area contributed by atoms with E-state index in [2.05, 4.69) is 5.32 Å². The van der Waals surface area contributed by atoms with E-state index < -0.39 is 36.5 Å². The lowest BCUT2D eigenvalue weighted by atomic mass is 9.91. The molecule has 9 nitrogen and oxygen atoms in total. The highest BCUT2D eigenvalue weighted by Crippen LogP contribution is 2.34. The van der Waals surface area contributed by atoms with Crippen molar-refractivity contribution in [2.45, 2.75) is 106 Å². The van der Waals surface area contributed by atoms with Crippen molar-refractivity contribution in [3.05, 3.63) is 99.1 Å². The van der Waals surface area contributed by atoms with Crippen LogP contribution in [-0.2, 0) is 19.0 Å². The Morgan fingerprint density at radius 3 is 2.39 bits per heavy atom. The molecule has 282 valence electrons. The average molecular weight is 725 g/mol. The van der Waals surface area contributed by atoms with E-state index in [1.165, 1.54) is 24.5 Å². The van der Waals surface area contributed by atoms with E-state index in [0.717, 1.165) is 22.3 Å². The second kappa shape index (κ2) is 21.7. The Labute approximate surface area is 309 Å². The lowest BCUT2D eigenvalue weighted by Crippen LogP contribution is -2.30. The van der Waals surface area contributed by atoms with Crippen LogP contribution < -0.4 is 5.32 Å². The summed E-state index contributed by atoms with van der Waals surface area (Å²) in [6.07, 6.45) is 15.9. The number of hydrogen-bond acceptors (Lipinski definition) is 9. The Hall–Kier alpha value is -3.57. The van der Waals surface area contributed by atoms with Crippen molar-refractivity contribution in [2.75, 3.05) is 14.2 Å². The van der Waals surface area contributed by atoms with Crippen LogP contribution in [0.3, 0.4) is 0 Å². The van der Waals surface area contributed by atoms with Gasteiger partial charge in [0.05, 0.1) is 24.0 Å². The standard InChI is InChI=1S/C41H60N2O7S/c1-25(2)20-36(49-41(47)42-10)40-43-33(24-51-40)39-30(7)16-13-15-29(6)38(48-11)32(9)34(44)19-18-27(4)21-28(5)22-31(8)35(45)23-26(3)14-12-17-37(46)50-39/h12-13,15-19,21-25,30-32,34-36,38-39,44-45H,14,20H2,1-11H3,(H,42,47)/b16-13-,17-12-,19-18-,26-23-,27-21-,28-22-,29-15-. The maximum Gasteiger partial charge on any atom is 0.407 e. The normalized spacial score (nSPS) is 33.0. The molecule has 1 aliphatic rings. The summed E-state index contributed by atoms with van der Waals surface area (Å²) in [6.45, 7) is 17.8. The lowest BCUT2D eigenvalue weighted by Gasteiger charge is -2.26. The molecule has 0 bridgehead atoms. The largest absolute Gasteiger partial charge is 0.452 e. The molecule has 0 saturated carbocycles. The van der Waals surface area contributed by atoms with Crippen LogP contribution >= 0.6 is 11.3 Å². The Bertz CT molecular complexity index is 1500. The summed E-state index contributed by atoms with van der Waals surface area (Å²) in [4.78, 5) is 30.2. The predicted octanol–water partition coefficient (Wildman–Crippen LogP) is 8.67. The van der Waals surface area contributed by atoms with Gasteiger partial charge in [0, 0.05) is 43.4 Å². The molecule has 0 spiro atoms. The fourth-order valence-corrected chi connectivity index (χ4v) is 6.70. The van der Waals surface area contributed by atoms with Crippen molar-refractivity contribution in [3.63, 3.8) is 0 Å². The van der Waals surface area contributed by atoms with E-state index in [4.69, 9.17) is 19.2 Å². The van der Waals surface area contributed by atoms with E-state index in [1.54, 1.807) is 25.3 Å². The molecular weight excluding hydrogens is 665 g/mol. The number of allylic oxidation sites excluding steroid dienone is 8. The fraction of sp³-hybridized carbons (Fsp3) is 0.537. The number of methoxy groups -OCH3 is 1. The first-order chi connectivity index (χ1) is 24.1. The molecule has 0 saturated heterocycles. The first-order valence-electron chi connectivity index (χ1n) is 17.7. The van der Waals surface area contributed by atoms with Crippen LogP contribution in [0, 0.1) is 23.7 Å². The van der Waals surface area contributed by atoms with Crippen LogP contribution in [0.2, 0.25) is 0 Å². The number of nitrogens with one attached hydrogen (secondary N) is 1. The zero-order valence-corrected chi connectivity index (χ0v) is 33.1. The van der Waals surface area contributed by atoms with Gasteiger partial charge in [-0.05, 0) is 52.0 Å². The highest BCUT2D eigenvalue weighted by molar-refractivity contribution is 7.09. The first kappa shape index (κ1) is 43.6. The van der Waals surface area contributed by atoms with Gasteiger partial charge in [0.15, 0.2) is 12.2 Å². The number of amides is 1. The number of alkyl carbamates (subject to hydrolysis) is 1. The van der Waals surface area contributed by atoms with E-state index in [-0.39, 0.29) is 29.8 Å². The maximum atomic E-state index is 13.2. The summed E-state index contributed by atoms with van der Waals surface area (Å²) < 4.78 is 17.5. The zero-order valence-electron chi connectivity index (χ0n) is 32.3. The first-order valence-corrected chi connectivity index (χ1v) is 18.6. The second-order valence-corrected chi connectivity index (χ2v) is 14.9. The molecule has 2 rings (SSSR count). The number of aliphatic hydroxyl groups is 2. The molecule has 51 heavy (non-hydrogen) atoms. The zero-order chi connectivity index (χ0) is 38.2. The van der Waals surface area contributed by atoms with Gasteiger partial charge in [-0.1, -0.05) is 106 Å². The number of aromatic nitrogens is 1. The second-order valence-electron chi connectivity index (χ2n) is 14.0. The number of esters is 1. The van der Waals surface area contributed by atoms with Crippen molar-refractivity contribution < 1.29 is 34.0 Å². The summed E-state index contributed by atoms with van der Waals surface area (Å²) in [6, 6.07) is 0. The quantitative estimate of drug-likeness (QED) is 0.197. The van der Waals surface area contributed by atoms with E-state index in [9.17, 15) is 19.8 Å². The van der Waals surface area contributed by atoms with E-state index in [0.29, 0.717) is 23.5 Å². The number of nitrogens with zero attached hydrogens (tertiary/aromatic N) is 1. The molecular formula is C41H60N2O7S. The summed E-state index contributed by atoms with van der Waals surface area (Å²) in [5.41, 5.74) is 4.37. The number of aliphatic hydroxyl groups excluding tert-OH is 2. The lowest BCUT2D eigenvalue weighted by molar-refractivity contribution is -0.145. The van der Waals surface area contributed by atoms with Crippen LogP contribution in [0.15, 0.2) is 88.4 Å². The van der Waals surface area contributed by atoms with Gasteiger partial charge in [-0.15, -0.1) is 11.3 Å². The van der Waals surface area contributed by atoms with Gasteiger partial charge in [0.1, 0.15) is 5.01 Å². The number of ether oxygens (including phenoxy) is 3. The molecule has 10 heteroatoms. The third-order valence-electron chi connectivity index (χ3n) is 8.68. The third-order valence-corrected chi connectivity index (χ3v) is 9.64. The number of rotatable bonds is 6. The minimum absolute atomic E-state index is 0.143. The molecule has 1 aromatic heterocycles. The molecule has 8 unspecified atom stereocenters. The van der Waals surface area contributed by atoms with Gasteiger partial charge in [0.25, 0.3) is 0 Å². The topological polar surface area (TPSA) is 127 Å². The number of carbonyl (C=O) groups is 2. The van der Waals surface area contributed by atoms with Crippen molar-refractivity contribution in [1.29, 1.82) is 0 Å². The molecule has 1 aliphatic heterocycles. The van der Waals surface area contributed by atoms with E-state index >= 15 is 0 Å². The van der Waals surface area contributed by atoms with Crippen molar-refractivity contribution in [1.82, 2.24) is 10.3 Å². The number of carbonyl (C=O) groups excluding carboxylic acids is 2. The van der Waals surface area contributed by atoms with Gasteiger partial charge >= 0.3 is 12.1 Å². The Morgan fingerprint density at radius 1 is 1.04 bits per heavy atom. The molecule has 0 aromatic carbocycles. The molecule has 1 aromatic rings. The third kappa shape index (κ3) is 14.9. The van der Waals surface area contributed by atoms with Crippen molar-refractivity contribution >= 4 is 23.4 Å². The Balaban J connectivity index is 2.55. The Morgan fingerprint density at radius 2 is 1.75 bits per heavy atom. The number of thiazole rings is 1. The summed E-state index contributed by atoms with van der Waals surface area (Å²) in [7, 11) is 3.14. The van der Waals surface area contributed by atoms with Crippen LogP contribution in [-0.4, -0.2) is 59.7 Å².